The van der Waals surface area contributed by atoms with Gasteiger partial charge in [0.15, 0.2) is 11.4 Å². The molecule has 27 heavy (non-hydrogen) atoms. The van der Waals surface area contributed by atoms with Crippen molar-refractivity contribution in [1.29, 1.82) is 0 Å². The van der Waals surface area contributed by atoms with E-state index in [-0.39, 0.29) is 23.5 Å². The maximum absolute atomic E-state index is 13.5. The number of benzene rings is 3. The zero-order valence-electron chi connectivity index (χ0n) is 14.4. The van der Waals surface area contributed by atoms with Gasteiger partial charge in [-0.15, -0.1) is 0 Å². The van der Waals surface area contributed by atoms with Gasteiger partial charge in [-0.05, 0) is 40.2 Å². The Bertz CT molecular complexity index is 1200. The van der Waals surface area contributed by atoms with E-state index >= 15 is 0 Å². The summed E-state index contributed by atoms with van der Waals surface area (Å²) in [6.45, 7) is 1.64. The smallest absolute Gasteiger partial charge is 0.200 e. The van der Waals surface area contributed by atoms with Gasteiger partial charge in [-0.2, -0.15) is 0 Å². The van der Waals surface area contributed by atoms with Crippen LogP contribution in [0.2, 0.25) is 0 Å². The summed E-state index contributed by atoms with van der Waals surface area (Å²) in [5, 5.41) is 23.6. The minimum absolute atomic E-state index is 0.0487. The predicted molar refractivity (Wildman–Crippen MR) is 104 cm³/mol. The topological polar surface area (TPSA) is 74.6 Å². The number of ketones is 2. The molecule has 0 saturated heterocycles. The summed E-state index contributed by atoms with van der Waals surface area (Å²) >= 11 is 3.43. The Morgan fingerprint density at radius 3 is 2.15 bits per heavy atom. The van der Waals surface area contributed by atoms with Crippen molar-refractivity contribution in [3.8, 4) is 5.75 Å². The molecule has 4 nitrogen and oxygen atoms in total. The van der Waals surface area contributed by atoms with Crippen LogP contribution in [0.3, 0.4) is 0 Å². The molecule has 5 rings (SSSR count). The van der Waals surface area contributed by atoms with Crippen LogP contribution in [0.5, 0.6) is 5.75 Å². The molecule has 2 atom stereocenters. The first-order valence-electron chi connectivity index (χ1n) is 8.66. The highest BCUT2D eigenvalue weighted by atomic mass is 79.9. The second-order valence-corrected chi connectivity index (χ2v) is 8.28. The molecule has 0 aliphatic heterocycles. The van der Waals surface area contributed by atoms with Gasteiger partial charge in [0, 0.05) is 22.1 Å². The number of carbonyl (C=O) groups excluding carboxylic acids is 2. The monoisotopic (exact) mass is 422 g/mol. The van der Waals surface area contributed by atoms with Gasteiger partial charge in [0.05, 0.1) is 9.89 Å². The van der Waals surface area contributed by atoms with E-state index in [2.05, 4.69) is 15.9 Å². The number of phenols is 1. The van der Waals surface area contributed by atoms with Crippen LogP contribution >= 0.6 is 15.9 Å². The Morgan fingerprint density at radius 2 is 1.48 bits per heavy atom. The summed E-state index contributed by atoms with van der Waals surface area (Å²) in [5.74, 6) is -0.679. The van der Waals surface area contributed by atoms with E-state index in [4.69, 9.17) is 0 Å². The third-order valence-electron chi connectivity index (χ3n) is 6.16. The van der Waals surface area contributed by atoms with Gasteiger partial charge < -0.3 is 10.2 Å². The first-order valence-corrected chi connectivity index (χ1v) is 9.45. The highest BCUT2D eigenvalue weighted by Gasteiger charge is 2.66. The molecule has 0 aromatic heterocycles. The van der Waals surface area contributed by atoms with Crippen molar-refractivity contribution in [3.05, 3.63) is 75.3 Å². The van der Waals surface area contributed by atoms with Crippen molar-refractivity contribution in [2.75, 3.05) is 0 Å². The fourth-order valence-corrected chi connectivity index (χ4v) is 5.31. The second kappa shape index (κ2) is 5.06. The molecule has 0 spiro atoms. The minimum Gasteiger partial charge on any atom is -0.506 e. The molecule has 0 bridgehead atoms. The van der Waals surface area contributed by atoms with Gasteiger partial charge in [-0.25, -0.2) is 0 Å². The molecule has 3 aromatic rings. The number of hydrogen-bond donors (Lipinski definition) is 2. The summed E-state index contributed by atoms with van der Waals surface area (Å²) in [6, 6.07) is 13.7. The molecule has 3 aromatic carbocycles. The quantitative estimate of drug-likeness (QED) is 0.570. The first kappa shape index (κ1) is 16.7. The third kappa shape index (κ3) is 1.72. The van der Waals surface area contributed by atoms with Crippen molar-refractivity contribution in [3.63, 3.8) is 0 Å². The first-order chi connectivity index (χ1) is 12.8. The Morgan fingerprint density at radius 1 is 0.926 bits per heavy atom. The molecule has 0 radical (unpaired) electrons. The molecule has 2 N–H and O–H groups in total. The number of aromatic hydroxyl groups is 1. The van der Waals surface area contributed by atoms with Crippen LogP contribution in [0.1, 0.15) is 38.8 Å². The van der Waals surface area contributed by atoms with Gasteiger partial charge in [0.1, 0.15) is 5.75 Å². The highest BCUT2D eigenvalue weighted by molar-refractivity contribution is 9.10. The molecule has 0 heterocycles. The number of hydrogen-bond acceptors (Lipinski definition) is 4. The number of rotatable bonds is 0. The van der Waals surface area contributed by atoms with Crippen molar-refractivity contribution < 1.29 is 19.8 Å². The molecule has 0 unspecified atom stereocenters. The molecule has 2 aliphatic carbocycles. The minimum atomic E-state index is -1.98. The van der Waals surface area contributed by atoms with E-state index in [1.807, 2.05) is 0 Å². The molecule has 0 fully saturated rings. The highest BCUT2D eigenvalue weighted by Crippen LogP contribution is 2.60. The zero-order chi connectivity index (χ0) is 19.1. The van der Waals surface area contributed by atoms with Crippen molar-refractivity contribution in [2.24, 2.45) is 5.41 Å². The lowest BCUT2D eigenvalue weighted by Crippen LogP contribution is -2.55. The Kier molecular flexibility index (Phi) is 3.12. The van der Waals surface area contributed by atoms with E-state index in [1.165, 1.54) is 0 Å². The van der Waals surface area contributed by atoms with E-state index in [0.29, 0.717) is 31.9 Å². The number of phenolic OH excluding ortho intramolecular Hbond substituents is 1. The predicted octanol–water partition coefficient (Wildman–Crippen LogP) is 4.14. The molecular formula is C22H15BrO4. The van der Waals surface area contributed by atoms with Crippen LogP contribution < -0.4 is 0 Å². The summed E-state index contributed by atoms with van der Waals surface area (Å²) < 4.78 is 0.421. The molecule has 0 saturated carbocycles. The lowest BCUT2D eigenvalue weighted by molar-refractivity contribution is -0.0319. The van der Waals surface area contributed by atoms with Gasteiger partial charge in [-0.1, -0.05) is 48.5 Å². The number of Topliss-reactive ketones (excluding diaryl/α,β-unsaturated/α-hetero) is 2. The van der Waals surface area contributed by atoms with E-state index in [0.717, 1.165) is 0 Å². The molecule has 5 heteroatoms. The van der Waals surface area contributed by atoms with E-state index in [9.17, 15) is 19.8 Å². The van der Waals surface area contributed by atoms with Gasteiger partial charge in [0.25, 0.3) is 0 Å². The number of halogens is 1. The molecule has 134 valence electrons. The summed E-state index contributed by atoms with van der Waals surface area (Å²) in [5.41, 5.74) is -1.72. The van der Waals surface area contributed by atoms with Crippen molar-refractivity contribution in [1.82, 2.24) is 0 Å². The normalized spacial score (nSPS) is 26.0. The summed E-state index contributed by atoms with van der Waals surface area (Å²) in [4.78, 5) is 26.9. The maximum atomic E-state index is 13.5. The number of fused-ring (bicyclic) bond motifs is 6. The van der Waals surface area contributed by atoms with Gasteiger partial charge in [-0.3, -0.25) is 9.59 Å². The third-order valence-corrected chi connectivity index (χ3v) is 7.02. The fraction of sp³-hybridized carbons (Fsp3) is 0.182. The zero-order valence-corrected chi connectivity index (χ0v) is 16.0. The molecular weight excluding hydrogens is 408 g/mol. The number of carbonyl (C=O) groups is 2. The van der Waals surface area contributed by atoms with E-state index < -0.39 is 16.8 Å². The largest absolute Gasteiger partial charge is 0.506 e. The summed E-state index contributed by atoms with van der Waals surface area (Å²) in [7, 11) is 0. The van der Waals surface area contributed by atoms with Crippen molar-refractivity contribution in [2.45, 2.75) is 18.9 Å². The van der Waals surface area contributed by atoms with Crippen LogP contribution in [0.25, 0.3) is 10.8 Å². The number of aliphatic hydroxyl groups is 1. The SMILES string of the molecule is C[C@@]12Cc3c(Br)c(O)c4ccccc4c3[C@@]1(O)C(=O)c1ccccc1C2=O. The van der Waals surface area contributed by atoms with Crippen LogP contribution in [-0.2, 0) is 12.0 Å². The van der Waals surface area contributed by atoms with Crippen molar-refractivity contribution >= 4 is 38.3 Å². The van der Waals surface area contributed by atoms with Crippen LogP contribution in [0.4, 0.5) is 0 Å². The van der Waals surface area contributed by atoms with E-state index in [1.54, 1.807) is 55.5 Å². The van der Waals surface area contributed by atoms with Crippen LogP contribution in [0, 0.1) is 5.41 Å². The Balaban J connectivity index is 1.96. The maximum Gasteiger partial charge on any atom is 0.200 e. The summed E-state index contributed by atoms with van der Waals surface area (Å²) in [6.07, 6.45) is 0.163. The average Bonchev–Trinajstić information content (AvgIpc) is 2.94. The average molecular weight is 423 g/mol. The van der Waals surface area contributed by atoms with Gasteiger partial charge >= 0.3 is 0 Å². The Hall–Kier alpha value is -2.50. The van der Waals surface area contributed by atoms with Gasteiger partial charge in [0.2, 0.25) is 5.78 Å². The van der Waals surface area contributed by atoms with Crippen LogP contribution in [-0.4, -0.2) is 21.8 Å². The lowest BCUT2D eigenvalue weighted by atomic mass is 9.61. The standard InChI is InChI=1S/C22H15BrO4/c1-21-10-15-16(11-6-2-3-7-12(11)18(24)17(15)23)22(21,27)20(26)14-9-5-4-8-13(14)19(21)25/h2-9,24,27H,10H2,1H3/t21-,22+/m0/s1. The lowest BCUT2D eigenvalue weighted by Gasteiger charge is -2.42. The van der Waals surface area contributed by atoms with Crippen LogP contribution in [0.15, 0.2) is 53.0 Å². The second-order valence-electron chi connectivity index (χ2n) is 7.48. The fourth-order valence-electron chi connectivity index (χ4n) is 4.76. The Labute approximate surface area is 163 Å². The molecule has 2 aliphatic rings. The molecule has 0 amide bonds.